The molecule has 0 aliphatic heterocycles. The van der Waals surface area contributed by atoms with E-state index in [-0.39, 0.29) is 0 Å². The Kier molecular flexibility index (Phi) is 2.09. The summed E-state index contributed by atoms with van der Waals surface area (Å²) in [5.41, 5.74) is 4.73. The van der Waals surface area contributed by atoms with Gasteiger partial charge in [0.1, 0.15) is 0 Å². The van der Waals surface area contributed by atoms with E-state index >= 15 is 0 Å². The van der Waals surface area contributed by atoms with Crippen LogP contribution in [0, 0.1) is 5.41 Å². The molecule has 0 fully saturated rings. The molecule has 1 aliphatic rings. The van der Waals surface area contributed by atoms with E-state index in [1.807, 2.05) is 30.3 Å². The van der Waals surface area contributed by atoms with E-state index in [9.17, 15) is 0 Å². The molecule has 3 aromatic rings. The number of rotatable bonds is 0. The highest BCUT2D eigenvalue weighted by Gasteiger charge is 2.24. The van der Waals surface area contributed by atoms with Gasteiger partial charge in [0.15, 0.2) is 0 Å². The summed E-state index contributed by atoms with van der Waals surface area (Å²) < 4.78 is 0. The SMILES string of the molecule is N=C1c2ccc(Cl)cc2-c2cc3ccccc3cc21. The van der Waals surface area contributed by atoms with Gasteiger partial charge in [-0.3, -0.25) is 5.41 Å². The Bertz CT molecular complexity index is 849. The van der Waals surface area contributed by atoms with E-state index in [0.29, 0.717) is 10.7 Å². The summed E-state index contributed by atoms with van der Waals surface area (Å²) in [4.78, 5) is 0. The number of hydrogen-bond acceptors (Lipinski definition) is 1. The Morgan fingerprint density at radius 3 is 2.05 bits per heavy atom. The van der Waals surface area contributed by atoms with Crippen LogP contribution < -0.4 is 0 Å². The van der Waals surface area contributed by atoms with Crippen LogP contribution in [0.1, 0.15) is 11.1 Å². The molecule has 3 aromatic carbocycles. The summed E-state index contributed by atoms with van der Waals surface area (Å²) in [5.74, 6) is 0. The predicted octanol–water partition coefficient (Wildman–Crippen LogP) is 4.89. The lowest BCUT2D eigenvalue weighted by molar-refractivity contribution is 1.50. The summed E-state index contributed by atoms with van der Waals surface area (Å²) in [6.07, 6.45) is 0. The van der Waals surface area contributed by atoms with Crippen molar-refractivity contribution in [2.75, 3.05) is 0 Å². The molecule has 0 aromatic heterocycles. The first-order valence-electron chi connectivity index (χ1n) is 6.16. The van der Waals surface area contributed by atoms with Crippen molar-refractivity contribution in [1.29, 1.82) is 5.41 Å². The van der Waals surface area contributed by atoms with Gasteiger partial charge in [-0.05, 0) is 46.2 Å². The van der Waals surface area contributed by atoms with Crippen LogP contribution in [0.2, 0.25) is 5.02 Å². The van der Waals surface area contributed by atoms with Gasteiger partial charge in [0.05, 0.1) is 5.71 Å². The van der Waals surface area contributed by atoms with Crippen LogP contribution in [0.5, 0.6) is 0 Å². The molecule has 1 N–H and O–H groups in total. The van der Waals surface area contributed by atoms with E-state index < -0.39 is 0 Å². The number of halogens is 1. The molecule has 90 valence electrons. The number of fused-ring (bicyclic) bond motifs is 4. The van der Waals surface area contributed by atoms with Crippen molar-refractivity contribution < 1.29 is 0 Å². The zero-order valence-electron chi connectivity index (χ0n) is 10.1. The zero-order valence-corrected chi connectivity index (χ0v) is 10.8. The molecule has 4 rings (SSSR count). The van der Waals surface area contributed by atoms with Crippen LogP contribution in [-0.4, -0.2) is 5.71 Å². The Morgan fingerprint density at radius 1 is 0.684 bits per heavy atom. The van der Waals surface area contributed by atoms with Crippen LogP contribution in [0.15, 0.2) is 54.6 Å². The maximum Gasteiger partial charge on any atom is 0.0697 e. The normalized spacial score (nSPS) is 12.6. The maximum absolute atomic E-state index is 8.32. The lowest BCUT2D eigenvalue weighted by Crippen LogP contribution is -1.94. The molecule has 1 nitrogen and oxygen atoms in total. The topological polar surface area (TPSA) is 23.9 Å². The lowest BCUT2D eigenvalue weighted by Gasteiger charge is -2.04. The molecule has 19 heavy (non-hydrogen) atoms. The summed E-state index contributed by atoms with van der Waals surface area (Å²) in [5, 5.41) is 11.4. The number of hydrogen-bond donors (Lipinski definition) is 1. The quantitative estimate of drug-likeness (QED) is 0.467. The standard InChI is InChI=1S/C17H10ClN/c18-12-5-6-13-15(9-12)14-7-10-3-1-2-4-11(10)8-16(14)17(13)19/h1-9,19H. The predicted molar refractivity (Wildman–Crippen MR) is 80.3 cm³/mol. The van der Waals surface area contributed by atoms with E-state index in [1.54, 1.807) is 0 Å². The van der Waals surface area contributed by atoms with E-state index in [2.05, 4.69) is 24.3 Å². The zero-order chi connectivity index (χ0) is 13.0. The molecule has 0 spiro atoms. The minimum Gasteiger partial charge on any atom is -0.300 e. The molecule has 0 saturated carbocycles. The van der Waals surface area contributed by atoms with E-state index in [0.717, 1.165) is 22.3 Å². The van der Waals surface area contributed by atoms with Crippen LogP contribution in [0.4, 0.5) is 0 Å². The Labute approximate surface area is 116 Å². The second kappa shape index (κ2) is 3.69. The van der Waals surface area contributed by atoms with Gasteiger partial charge >= 0.3 is 0 Å². The largest absolute Gasteiger partial charge is 0.300 e. The van der Waals surface area contributed by atoms with Crippen LogP contribution >= 0.6 is 11.6 Å². The van der Waals surface area contributed by atoms with Gasteiger partial charge in [-0.25, -0.2) is 0 Å². The first-order valence-corrected chi connectivity index (χ1v) is 6.54. The third kappa shape index (κ3) is 1.45. The maximum atomic E-state index is 8.32. The third-order valence-electron chi connectivity index (χ3n) is 3.70. The van der Waals surface area contributed by atoms with Gasteiger partial charge in [0.2, 0.25) is 0 Å². The van der Waals surface area contributed by atoms with Crippen LogP contribution in [-0.2, 0) is 0 Å². The van der Waals surface area contributed by atoms with Crippen molar-refractivity contribution in [2.45, 2.75) is 0 Å². The Morgan fingerprint density at radius 2 is 1.32 bits per heavy atom. The smallest absolute Gasteiger partial charge is 0.0697 e. The fourth-order valence-corrected chi connectivity index (χ4v) is 2.94. The molecule has 0 atom stereocenters. The van der Waals surface area contributed by atoms with Gasteiger partial charge in [0.25, 0.3) is 0 Å². The molecule has 0 unspecified atom stereocenters. The highest BCUT2D eigenvalue weighted by Crippen LogP contribution is 2.39. The second-order valence-corrected chi connectivity index (χ2v) is 5.25. The average molecular weight is 264 g/mol. The molecule has 0 saturated heterocycles. The molecule has 0 radical (unpaired) electrons. The number of nitrogens with one attached hydrogen (secondary N) is 1. The second-order valence-electron chi connectivity index (χ2n) is 4.81. The van der Waals surface area contributed by atoms with Crippen molar-refractivity contribution in [3.63, 3.8) is 0 Å². The molecule has 0 bridgehead atoms. The molecular weight excluding hydrogens is 254 g/mol. The first kappa shape index (κ1) is 10.8. The van der Waals surface area contributed by atoms with E-state index in [4.69, 9.17) is 17.0 Å². The lowest BCUT2D eigenvalue weighted by atomic mass is 10.0. The third-order valence-corrected chi connectivity index (χ3v) is 3.93. The fourth-order valence-electron chi connectivity index (χ4n) is 2.77. The van der Waals surface area contributed by atoms with Crippen molar-refractivity contribution in [3.05, 3.63) is 70.7 Å². The average Bonchev–Trinajstić information content (AvgIpc) is 2.69. The minimum atomic E-state index is 0.590. The highest BCUT2D eigenvalue weighted by molar-refractivity contribution is 6.32. The van der Waals surface area contributed by atoms with Crippen LogP contribution in [0.3, 0.4) is 0 Å². The first-order chi connectivity index (χ1) is 9.24. The summed E-state index contributed by atoms with van der Waals surface area (Å²) in [6, 6.07) is 18.2. The molecule has 0 heterocycles. The monoisotopic (exact) mass is 263 g/mol. The Balaban J connectivity index is 2.12. The number of benzene rings is 3. The molecule has 0 amide bonds. The Hall–Kier alpha value is -2.12. The van der Waals surface area contributed by atoms with Gasteiger partial charge in [-0.1, -0.05) is 41.9 Å². The highest BCUT2D eigenvalue weighted by atomic mass is 35.5. The van der Waals surface area contributed by atoms with E-state index in [1.165, 1.54) is 10.8 Å². The van der Waals surface area contributed by atoms with Crippen molar-refractivity contribution in [3.8, 4) is 11.1 Å². The summed E-state index contributed by atoms with van der Waals surface area (Å²) >= 11 is 6.09. The minimum absolute atomic E-state index is 0.590. The summed E-state index contributed by atoms with van der Waals surface area (Å²) in [7, 11) is 0. The molecule has 1 aliphatic carbocycles. The molecular formula is C17H10ClN. The summed E-state index contributed by atoms with van der Waals surface area (Å²) in [6.45, 7) is 0. The van der Waals surface area contributed by atoms with Crippen molar-refractivity contribution >= 4 is 28.1 Å². The van der Waals surface area contributed by atoms with Gasteiger partial charge in [0, 0.05) is 16.1 Å². The molecule has 2 heteroatoms. The van der Waals surface area contributed by atoms with Crippen LogP contribution in [0.25, 0.3) is 21.9 Å². The van der Waals surface area contributed by atoms with Gasteiger partial charge in [-0.2, -0.15) is 0 Å². The van der Waals surface area contributed by atoms with Crippen molar-refractivity contribution in [2.24, 2.45) is 0 Å². The van der Waals surface area contributed by atoms with Crippen molar-refractivity contribution in [1.82, 2.24) is 0 Å². The van der Waals surface area contributed by atoms with Gasteiger partial charge in [-0.15, -0.1) is 0 Å². The fraction of sp³-hybridized carbons (Fsp3) is 0. The van der Waals surface area contributed by atoms with Gasteiger partial charge < -0.3 is 0 Å².